The molecule has 0 unspecified atom stereocenters. The van der Waals surface area contributed by atoms with Crippen LogP contribution in [0.15, 0.2) is 30.3 Å². The SMILES string of the molecule is CCOC(=O)c1cccc(N)c1NCc1ccc(Cl)s1. The van der Waals surface area contributed by atoms with Gasteiger partial charge in [0.1, 0.15) is 0 Å². The molecule has 0 spiro atoms. The van der Waals surface area contributed by atoms with E-state index in [1.807, 2.05) is 12.1 Å². The van der Waals surface area contributed by atoms with Crippen LogP contribution in [0.2, 0.25) is 4.34 Å². The molecule has 0 fully saturated rings. The highest BCUT2D eigenvalue weighted by Gasteiger charge is 2.14. The van der Waals surface area contributed by atoms with Gasteiger partial charge in [-0.25, -0.2) is 4.79 Å². The zero-order valence-electron chi connectivity index (χ0n) is 11.0. The van der Waals surface area contributed by atoms with E-state index in [1.54, 1.807) is 25.1 Å². The van der Waals surface area contributed by atoms with E-state index in [9.17, 15) is 4.79 Å². The molecule has 2 aromatic rings. The van der Waals surface area contributed by atoms with Crippen LogP contribution < -0.4 is 11.1 Å². The van der Waals surface area contributed by atoms with E-state index in [-0.39, 0.29) is 5.97 Å². The van der Waals surface area contributed by atoms with Crippen molar-refractivity contribution in [3.8, 4) is 0 Å². The lowest BCUT2D eigenvalue weighted by Crippen LogP contribution is -2.11. The van der Waals surface area contributed by atoms with Crippen molar-refractivity contribution in [2.24, 2.45) is 0 Å². The minimum atomic E-state index is -0.383. The molecule has 0 aliphatic carbocycles. The van der Waals surface area contributed by atoms with Crippen LogP contribution in [-0.4, -0.2) is 12.6 Å². The molecule has 1 heterocycles. The van der Waals surface area contributed by atoms with E-state index in [4.69, 9.17) is 22.1 Å². The van der Waals surface area contributed by atoms with Gasteiger partial charge in [0.25, 0.3) is 0 Å². The van der Waals surface area contributed by atoms with Crippen molar-refractivity contribution in [2.75, 3.05) is 17.7 Å². The number of nitrogens with one attached hydrogen (secondary N) is 1. The fraction of sp³-hybridized carbons (Fsp3) is 0.214. The van der Waals surface area contributed by atoms with Gasteiger partial charge in [-0.05, 0) is 31.2 Å². The second-order valence-corrected chi connectivity index (χ2v) is 5.85. The number of nitrogens with two attached hydrogens (primary N) is 1. The summed E-state index contributed by atoms with van der Waals surface area (Å²) in [6.07, 6.45) is 0. The zero-order valence-corrected chi connectivity index (χ0v) is 12.6. The zero-order chi connectivity index (χ0) is 14.5. The number of para-hydroxylation sites is 1. The number of benzene rings is 1. The highest BCUT2D eigenvalue weighted by molar-refractivity contribution is 7.16. The number of ether oxygens (including phenoxy) is 1. The van der Waals surface area contributed by atoms with E-state index < -0.39 is 0 Å². The third kappa shape index (κ3) is 3.43. The summed E-state index contributed by atoms with van der Waals surface area (Å²) in [6, 6.07) is 8.94. The number of carbonyl (C=O) groups is 1. The van der Waals surface area contributed by atoms with Gasteiger partial charge in [0.15, 0.2) is 0 Å². The lowest BCUT2D eigenvalue weighted by molar-refractivity contribution is 0.0527. The number of nitrogen functional groups attached to an aromatic ring is 1. The Morgan fingerprint density at radius 3 is 2.85 bits per heavy atom. The summed E-state index contributed by atoms with van der Waals surface area (Å²) in [4.78, 5) is 13.0. The summed E-state index contributed by atoms with van der Waals surface area (Å²) >= 11 is 7.37. The number of hydrogen-bond donors (Lipinski definition) is 2. The molecule has 0 atom stereocenters. The molecule has 106 valence electrons. The summed E-state index contributed by atoms with van der Waals surface area (Å²) < 4.78 is 5.76. The lowest BCUT2D eigenvalue weighted by Gasteiger charge is -2.13. The molecular formula is C14H15ClN2O2S. The smallest absolute Gasteiger partial charge is 0.340 e. The summed E-state index contributed by atoms with van der Waals surface area (Å²) in [6.45, 7) is 2.65. The van der Waals surface area contributed by atoms with Gasteiger partial charge < -0.3 is 15.8 Å². The molecule has 1 aromatic heterocycles. The average Bonchev–Trinajstić information content (AvgIpc) is 2.83. The predicted octanol–water partition coefficient (Wildman–Crippen LogP) is 3.77. The van der Waals surface area contributed by atoms with Gasteiger partial charge in [-0.3, -0.25) is 0 Å². The van der Waals surface area contributed by atoms with Crippen LogP contribution in [0.3, 0.4) is 0 Å². The fourth-order valence-corrected chi connectivity index (χ4v) is 2.80. The number of rotatable bonds is 5. The minimum absolute atomic E-state index is 0.327. The third-order valence-corrected chi connectivity index (χ3v) is 3.89. The van der Waals surface area contributed by atoms with Crippen LogP contribution in [0.4, 0.5) is 11.4 Å². The molecule has 0 saturated heterocycles. The third-order valence-electron chi connectivity index (χ3n) is 2.66. The fourth-order valence-electron chi connectivity index (χ4n) is 1.77. The number of esters is 1. The van der Waals surface area contributed by atoms with E-state index in [0.717, 1.165) is 9.21 Å². The molecule has 20 heavy (non-hydrogen) atoms. The topological polar surface area (TPSA) is 64.3 Å². The Morgan fingerprint density at radius 2 is 2.20 bits per heavy atom. The van der Waals surface area contributed by atoms with Crippen molar-refractivity contribution in [1.82, 2.24) is 0 Å². The van der Waals surface area contributed by atoms with Crippen LogP contribution in [-0.2, 0) is 11.3 Å². The first-order valence-corrected chi connectivity index (χ1v) is 7.35. The van der Waals surface area contributed by atoms with Crippen molar-refractivity contribution in [3.63, 3.8) is 0 Å². The summed E-state index contributed by atoms with van der Waals surface area (Å²) in [5, 5.41) is 3.18. The largest absolute Gasteiger partial charge is 0.462 e. The van der Waals surface area contributed by atoms with E-state index in [0.29, 0.717) is 30.1 Å². The summed E-state index contributed by atoms with van der Waals surface area (Å²) in [7, 11) is 0. The molecule has 0 saturated carbocycles. The van der Waals surface area contributed by atoms with Crippen molar-refractivity contribution >= 4 is 40.3 Å². The Balaban J connectivity index is 2.19. The van der Waals surface area contributed by atoms with E-state index in [1.165, 1.54) is 11.3 Å². The highest BCUT2D eigenvalue weighted by atomic mass is 35.5. The highest BCUT2D eigenvalue weighted by Crippen LogP contribution is 2.27. The van der Waals surface area contributed by atoms with Crippen molar-refractivity contribution in [2.45, 2.75) is 13.5 Å². The van der Waals surface area contributed by atoms with E-state index in [2.05, 4.69) is 5.32 Å². The first kappa shape index (κ1) is 14.7. The maximum absolute atomic E-state index is 11.9. The van der Waals surface area contributed by atoms with Gasteiger partial charge in [0.2, 0.25) is 0 Å². The Morgan fingerprint density at radius 1 is 1.40 bits per heavy atom. The first-order valence-electron chi connectivity index (χ1n) is 6.15. The molecule has 0 aliphatic heterocycles. The first-order chi connectivity index (χ1) is 9.61. The molecule has 6 heteroatoms. The Bertz CT molecular complexity index is 613. The number of halogens is 1. The van der Waals surface area contributed by atoms with E-state index >= 15 is 0 Å². The number of hydrogen-bond acceptors (Lipinski definition) is 5. The van der Waals surface area contributed by atoms with Crippen molar-refractivity contribution in [1.29, 1.82) is 0 Å². The monoisotopic (exact) mass is 310 g/mol. The van der Waals surface area contributed by atoms with Crippen LogP contribution in [0.1, 0.15) is 22.2 Å². The molecule has 0 aliphatic rings. The lowest BCUT2D eigenvalue weighted by atomic mass is 10.1. The maximum Gasteiger partial charge on any atom is 0.340 e. The molecule has 4 nitrogen and oxygen atoms in total. The van der Waals surface area contributed by atoms with Gasteiger partial charge in [-0.1, -0.05) is 17.7 Å². The number of anilines is 2. The van der Waals surface area contributed by atoms with Crippen LogP contribution in [0.25, 0.3) is 0 Å². The molecule has 0 bridgehead atoms. The van der Waals surface area contributed by atoms with Crippen molar-refractivity contribution in [3.05, 3.63) is 45.1 Å². The maximum atomic E-state index is 11.9. The van der Waals surface area contributed by atoms with Gasteiger partial charge in [0, 0.05) is 11.4 Å². The van der Waals surface area contributed by atoms with Crippen LogP contribution in [0.5, 0.6) is 0 Å². The molecule has 2 rings (SSSR count). The standard InChI is InChI=1S/C14H15ClN2O2S/c1-2-19-14(18)10-4-3-5-11(16)13(10)17-8-9-6-7-12(15)20-9/h3-7,17H,2,8,16H2,1H3. The van der Waals surface area contributed by atoms with Crippen LogP contribution in [0, 0.1) is 0 Å². The normalized spacial score (nSPS) is 10.3. The minimum Gasteiger partial charge on any atom is -0.462 e. The summed E-state index contributed by atoms with van der Waals surface area (Å²) in [5.74, 6) is -0.383. The Kier molecular flexibility index (Phi) is 4.87. The van der Waals surface area contributed by atoms with Gasteiger partial charge >= 0.3 is 5.97 Å². The van der Waals surface area contributed by atoms with Gasteiger partial charge in [0.05, 0.1) is 27.9 Å². The predicted molar refractivity (Wildman–Crippen MR) is 83.5 cm³/mol. The molecule has 0 amide bonds. The molecular weight excluding hydrogens is 296 g/mol. The molecule has 3 N–H and O–H groups in total. The van der Waals surface area contributed by atoms with Gasteiger partial charge in [-0.2, -0.15) is 0 Å². The second-order valence-electron chi connectivity index (χ2n) is 4.05. The van der Waals surface area contributed by atoms with Crippen LogP contribution >= 0.6 is 22.9 Å². The molecule has 0 radical (unpaired) electrons. The Hall–Kier alpha value is -1.72. The van der Waals surface area contributed by atoms with Crippen molar-refractivity contribution < 1.29 is 9.53 Å². The number of thiophene rings is 1. The average molecular weight is 311 g/mol. The summed E-state index contributed by atoms with van der Waals surface area (Å²) in [5.41, 5.74) is 7.48. The Labute approximate surface area is 126 Å². The molecule has 1 aromatic carbocycles. The quantitative estimate of drug-likeness (QED) is 0.651. The second kappa shape index (κ2) is 6.63. The number of carbonyl (C=O) groups excluding carboxylic acids is 1. The van der Waals surface area contributed by atoms with Gasteiger partial charge in [-0.15, -0.1) is 11.3 Å².